The minimum absolute atomic E-state index is 0.130. The van der Waals surface area contributed by atoms with E-state index in [1.54, 1.807) is 11.6 Å². The lowest BCUT2D eigenvalue weighted by Crippen LogP contribution is -2.31. The Bertz CT molecular complexity index is 918. The highest BCUT2D eigenvalue weighted by Gasteiger charge is 2.28. The van der Waals surface area contributed by atoms with Crippen molar-refractivity contribution in [3.63, 3.8) is 0 Å². The van der Waals surface area contributed by atoms with Crippen LogP contribution < -0.4 is 9.62 Å². The molecule has 0 bridgehead atoms. The molecule has 1 unspecified atom stereocenters. The number of aryl methyl sites for hydroxylation is 2. The van der Waals surface area contributed by atoms with Gasteiger partial charge in [0.25, 0.3) is 0 Å². The van der Waals surface area contributed by atoms with Crippen molar-refractivity contribution in [2.24, 2.45) is 5.92 Å². The number of nitrogens with zero attached hydrogens (tertiary/aromatic N) is 3. The fourth-order valence-electron chi connectivity index (χ4n) is 3.98. The zero-order valence-electron chi connectivity index (χ0n) is 16.9. The SMILES string of the molecule is Cc1ccccc1N1CCC(CNS(=O)(=O)c2c(C)nn(C(C)C)c2C)C1. The normalized spacial score (nSPS) is 17.9. The Labute approximate surface area is 162 Å². The molecule has 7 heteroatoms. The van der Waals surface area contributed by atoms with Crippen LogP contribution >= 0.6 is 0 Å². The van der Waals surface area contributed by atoms with Gasteiger partial charge in [0.15, 0.2) is 0 Å². The van der Waals surface area contributed by atoms with E-state index in [2.05, 4.69) is 39.8 Å². The third-order valence-corrected chi connectivity index (χ3v) is 7.00. The van der Waals surface area contributed by atoms with Crippen molar-refractivity contribution in [1.29, 1.82) is 0 Å². The van der Waals surface area contributed by atoms with Crippen LogP contribution in [0, 0.1) is 26.7 Å². The molecule has 1 aliphatic heterocycles. The average Bonchev–Trinajstić information content (AvgIpc) is 3.18. The second kappa shape index (κ2) is 7.64. The van der Waals surface area contributed by atoms with Gasteiger partial charge in [-0.3, -0.25) is 4.68 Å². The molecule has 1 aliphatic rings. The Morgan fingerprint density at radius 2 is 1.93 bits per heavy atom. The van der Waals surface area contributed by atoms with Crippen molar-refractivity contribution < 1.29 is 8.42 Å². The molecule has 0 aliphatic carbocycles. The van der Waals surface area contributed by atoms with E-state index in [9.17, 15) is 8.42 Å². The van der Waals surface area contributed by atoms with Crippen molar-refractivity contribution in [3.05, 3.63) is 41.2 Å². The average molecular weight is 391 g/mol. The van der Waals surface area contributed by atoms with Crippen molar-refractivity contribution >= 4 is 15.7 Å². The van der Waals surface area contributed by atoms with Gasteiger partial charge in [0.2, 0.25) is 10.0 Å². The molecule has 1 fully saturated rings. The van der Waals surface area contributed by atoms with E-state index >= 15 is 0 Å². The third kappa shape index (κ3) is 4.04. The minimum Gasteiger partial charge on any atom is -0.371 e. The van der Waals surface area contributed by atoms with E-state index in [0.29, 0.717) is 28.7 Å². The molecule has 1 saturated heterocycles. The van der Waals surface area contributed by atoms with E-state index in [0.717, 1.165) is 19.5 Å². The van der Waals surface area contributed by atoms with Crippen LogP contribution in [0.1, 0.15) is 43.3 Å². The predicted octanol–water partition coefficient (Wildman–Crippen LogP) is 3.19. The van der Waals surface area contributed by atoms with Gasteiger partial charge in [-0.2, -0.15) is 5.10 Å². The minimum atomic E-state index is -3.56. The van der Waals surface area contributed by atoms with Crippen LogP contribution in [0.3, 0.4) is 0 Å². The van der Waals surface area contributed by atoms with Crippen molar-refractivity contribution in [1.82, 2.24) is 14.5 Å². The zero-order valence-corrected chi connectivity index (χ0v) is 17.7. The number of aromatic nitrogens is 2. The second-order valence-corrected chi connectivity index (χ2v) is 9.48. The van der Waals surface area contributed by atoms with Gasteiger partial charge in [-0.15, -0.1) is 0 Å². The fourth-order valence-corrected chi connectivity index (χ4v) is 5.49. The van der Waals surface area contributed by atoms with Crippen molar-refractivity contribution in [3.8, 4) is 0 Å². The predicted molar refractivity (Wildman–Crippen MR) is 109 cm³/mol. The number of nitrogens with one attached hydrogen (secondary N) is 1. The fraction of sp³-hybridized carbons (Fsp3) is 0.550. The Kier molecular flexibility index (Phi) is 5.63. The summed E-state index contributed by atoms with van der Waals surface area (Å²) in [5.41, 5.74) is 3.75. The van der Waals surface area contributed by atoms with Crippen LogP contribution in [0.5, 0.6) is 0 Å². The molecule has 27 heavy (non-hydrogen) atoms. The first-order valence-electron chi connectivity index (χ1n) is 9.56. The first kappa shape index (κ1) is 19.9. The summed E-state index contributed by atoms with van der Waals surface area (Å²) in [7, 11) is -3.56. The first-order valence-corrected chi connectivity index (χ1v) is 11.0. The van der Waals surface area contributed by atoms with Gasteiger partial charge >= 0.3 is 0 Å². The van der Waals surface area contributed by atoms with Gasteiger partial charge in [0.05, 0.1) is 11.4 Å². The number of rotatable bonds is 6. The third-order valence-electron chi connectivity index (χ3n) is 5.32. The second-order valence-electron chi connectivity index (χ2n) is 7.78. The molecular formula is C20H30N4O2S. The molecule has 1 aromatic heterocycles. The number of para-hydroxylation sites is 1. The highest BCUT2D eigenvalue weighted by Crippen LogP contribution is 2.27. The van der Waals surface area contributed by atoms with Crippen molar-refractivity contribution in [2.75, 3.05) is 24.5 Å². The summed E-state index contributed by atoms with van der Waals surface area (Å²) in [6.45, 7) is 12.0. The topological polar surface area (TPSA) is 67.2 Å². The van der Waals surface area contributed by atoms with Gasteiger partial charge in [-0.25, -0.2) is 13.1 Å². The number of sulfonamides is 1. The molecule has 148 valence electrons. The van der Waals surface area contributed by atoms with Gasteiger partial charge < -0.3 is 4.90 Å². The van der Waals surface area contributed by atoms with E-state index in [1.807, 2.05) is 26.8 Å². The maximum Gasteiger partial charge on any atom is 0.244 e. The molecule has 0 radical (unpaired) electrons. The molecule has 1 aromatic carbocycles. The smallest absolute Gasteiger partial charge is 0.244 e. The quantitative estimate of drug-likeness (QED) is 0.822. The maximum absolute atomic E-state index is 12.9. The monoisotopic (exact) mass is 390 g/mol. The summed E-state index contributed by atoms with van der Waals surface area (Å²) in [4.78, 5) is 2.67. The molecule has 0 saturated carbocycles. The summed E-state index contributed by atoms with van der Waals surface area (Å²) in [5, 5.41) is 4.41. The summed E-state index contributed by atoms with van der Waals surface area (Å²) >= 11 is 0. The lowest BCUT2D eigenvalue weighted by atomic mass is 10.1. The highest BCUT2D eigenvalue weighted by molar-refractivity contribution is 7.89. The molecule has 2 aromatic rings. The van der Waals surface area contributed by atoms with Crippen LogP contribution in [-0.2, 0) is 10.0 Å². The molecule has 0 amide bonds. The van der Waals surface area contributed by atoms with Gasteiger partial charge in [-0.05, 0) is 58.6 Å². The van der Waals surface area contributed by atoms with E-state index in [-0.39, 0.29) is 6.04 Å². The van der Waals surface area contributed by atoms with Crippen LogP contribution in [0.4, 0.5) is 5.69 Å². The molecule has 2 heterocycles. The highest BCUT2D eigenvalue weighted by atomic mass is 32.2. The maximum atomic E-state index is 12.9. The number of anilines is 1. The Balaban J connectivity index is 1.68. The number of hydrogen-bond donors (Lipinski definition) is 1. The van der Waals surface area contributed by atoms with Crippen LogP contribution in [0.15, 0.2) is 29.2 Å². The standard InChI is InChI=1S/C20H30N4O2S/c1-14(2)24-17(5)20(16(4)22-24)27(25,26)21-12-18-10-11-23(13-18)19-9-7-6-8-15(19)3/h6-9,14,18,21H,10-13H2,1-5H3. The molecule has 1 atom stereocenters. The molecule has 6 nitrogen and oxygen atoms in total. The van der Waals surface area contributed by atoms with Crippen LogP contribution in [0.2, 0.25) is 0 Å². The zero-order chi connectivity index (χ0) is 19.8. The van der Waals surface area contributed by atoms with Gasteiger partial charge in [0, 0.05) is 31.4 Å². The molecular weight excluding hydrogens is 360 g/mol. The lowest BCUT2D eigenvalue weighted by Gasteiger charge is -2.21. The summed E-state index contributed by atoms with van der Waals surface area (Å²) < 4.78 is 30.4. The Morgan fingerprint density at radius 3 is 2.56 bits per heavy atom. The largest absolute Gasteiger partial charge is 0.371 e. The molecule has 1 N–H and O–H groups in total. The van der Waals surface area contributed by atoms with E-state index in [1.165, 1.54) is 11.3 Å². The van der Waals surface area contributed by atoms with Gasteiger partial charge in [0.1, 0.15) is 4.90 Å². The van der Waals surface area contributed by atoms with Crippen molar-refractivity contribution in [2.45, 2.75) is 52.0 Å². The summed E-state index contributed by atoms with van der Waals surface area (Å²) in [6.07, 6.45) is 0.986. The summed E-state index contributed by atoms with van der Waals surface area (Å²) in [5.74, 6) is 0.306. The van der Waals surface area contributed by atoms with Gasteiger partial charge in [-0.1, -0.05) is 18.2 Å². The number of hydrogen-bond acceptors (Lipinski definition) is 4. The molecule has 3 rings (SSSR count). The Hall–Kier alpha value is -1.86. The number of benzene rings is 1. The first-order chi connectivity index (χ1) is 12.7. The van der Waals surface area contributed by atoms with Crippen LogP contribution in [0.25, 0.3) is 0 Å². The summed E-state index contributed by atoms with van der Waals surface area (Å²) in [6, 6.07) is 8.47. The molecule has 0 spiro atoms. The van der Waals surface area contributed by atoms with E-state index in [4.69, 9.17) is 0 Å². The van der Waals surface area contributed by atoms with Crippen LogP contribution in [-0.4, -0.2) is 37.8 Å². The van der Waals surface area contributed by atoms with E-state index < -0.39 is 10.0 Å². The lowest BCUT2D eigenvalue weighted by molar-refractivity contribution is 0.513. The Morgan fingerprint density at radius 1 is 1.22 bits per heavy atom.